The van der Waals surface area contributed by atoms with Gasteiger partial charge in [0.15, 0.2) is 0 Å². The summed E-state index contributed by atoms with van der Waals surface area (Å²) in [6.07, 6.45) is 0. The van der Waals surface area contributed by atoms with Gasteiger partial charge in [0.05, 0.1) is 16.9 Å². The maximum absolute atomic E-state index is 12.9. The molecule has 25 heavy (non-hydrogen) atoms. The van der Waals surface area contributed by atoms with Crippen molar-refractivity contribution in [2.45, 2.75) is 9.79 Å². The molecule has 0 fully saturated rings. The highest BCUT2D eigenvalue weighted by Crippen LogP contribution is 2.33. The summed E-state index contributed by atoms with van der Waals surface area (Å²) < 4.78 is 56.1. The average Bonchev–Trinajstić information content (AvgIpc) is 2.62. The molecule has 0 radical (unpaired) electrons. The number of fused-ring (bicyclic) bond motifs is 1. The van der Waals surface area contributed by atoms with Crippen molar-refractivity contribution in [1.29, 1.82) is 0 Å². The van der Waals surface area contributed by atoms with Crippen LogP contribution in [0.25, 0.3) is 10.8 Å². The van der Waals surface area contributed by atoms with Crippen LogP contribution in [0.3, 0.4) is 0 Å². The Morgan fingerprint density at radius 1 is 0.760 bits per heavy atom. The van der Waals surface area contributed by atoms with Crippen molar-refractivity contribution in [2.75, 3.05) is 7.11 Å². The third kappa shape index (κ3) is 2.88. The zero-order valence-electron chi connectivity index (χ0n) is 13.0. The normalized spacial score (nSPS) is 12.2. The van der Waals surface area contributed by atoms with E-state index in [1.54, 1.807) is 18.2 Å². The molecule has 0 saturated carbocycles. The number of benzene rings is 3. The Kier molecular flexibility index (Phi) is 4.49. The molecule has 0 N–H and O–H groups in total. The Balaban J connectivity index is 2.24. The molecule has 0 aromatic heterocycles. The molecule has 5 nitrogen and oxygen atoms in total. The first-order chi connectivity index (χ1) is 11.8. The molecule has 0 unspecified atom stereocenters. The summed E-state index contributed by atoms with van der Waals surface area (Å²) in [6, 6.07) is 14.2. The molecule has 0 aliphatic heterocycles. The molecule has 130 valence electrons. The van der Waals surface area contributed by atoms with E-state index in [2.05, 4.69) is 0 Å². The fourth-order valence-electron chi connectivity index (χ4n) is 2.44. The van der Waals surface area contributed by atoms with Crippen molar-refractivity contribution in [3.63, 3.8) is 0 Å². The summed E-state index contributed by atoms with van der Waals surface area (Å²) >= 11 is 6.09. The van der Waals surface area contributed by atoms with Crippen LogP contribution in [0.4, 0.5) is 0 Å². The molecule has 3 rings (SSSR count). The number of hydrogen-bond donors (Lipinski definition) is 0. The van der Waals surface area contributed by atoms with Crippen LogP contribution in [0.15, 0.2) is 70.5 Å². The highest BCUT2D eigenvalue weighted by Gasteiger charge is 2.35. The Bertz CT molecular complexity index is 1150. The number of hydrogen-bond acceptors (Lipinski definition) is 5. The molecule has 0 aliphatic carbocycles. The molecular formula is C17H13ClO5S2. The van der Waals surface area contributed by atoms with Crippen molar-refractivity contribution in [1.82, 2.24) is 0 Å². The van der Waals surface area contributed by atoms with Gasteiger partial charge in [-0.05, 0) is 36.4 Å². The molecule has 0 spiro atoms. The van der Waals surface area contributed by atoms with E-state index in [9.17, 15) is 16.8 Å². The smallest absolute Gasteiger partial charge is 0.286 e. The fourth-order valence-corrected chi connectivity index (χ4v) is 6.55. The average molecular weight is 397 g/mol. The Morgan fingerprint density at radius 3 is 1.96 bits per heavy atom. The van der Waals surface area contributed by atoms with E-state index in [0.717, 1.165) is 0 Å². The molecule has 0 amide bonds. The summed E-state index contributed by atoms with van der Waals surface area (Å²) in [5.41, 5.74) is 0. The van der Waals surface area contributed by atoms with Gasteiger partial charge in [0.1, 0.15) is 5.75 Å². The van der Waals surface area contributed by atoms with Gasteiger partial charge < -0.3 is 4.74 Å². The van der Waals surface area contributed by atoms with Crippen LogP contribution in [-0.2, 0) is 17.7 Å². The van der Waals surface area contributed by atoms with Crippen molar-refractivity contribution in [2.24, 2.45) is 0 Å². The van der Waals surface area contributed by atoms with E-state index in [-0.39, 0.29) is 15.2 Å². The topological polar surface area (TPSA) is 77.5 Å². The third-order valence-corrected chi connectivity index (χ3v) is 9.24. The first-order valence-corrected chi connectivity index (χ1v) is 11.0. The Labute approximate surface area is 150 Å². The van der Waals surface area contributed by atoms with Crippen LogP contribution < -0.4 is 4.74 Å². The molecule has 0 heterocycles. The molecule has 0 aliphatic rings. The van der Waals surface area contributed by atoms with Gasteiger partial charge >= 0.3 is 0 Å². The predicted molar refractivity (Wildman–Crippen MR) is 96.3 cm³/mol. The van der Waals surface area contributed by atoms with E-state index in [1.165, 1.54) is 49.6 Å². The van der Waals surface area contributed by atoms with Gasteiger partial charge in [0.25, 0.3) is 17.7 Å². The minimum atomic E-state index is -4.68. The summed E-state index contributed by atoms with van der Waals surface area (Å²) in [7, 11) is -7.90. The zero-order chi connectivity index (χ0) is 18.2. The van der Waals surface area contributed by atoms with Crippen LogP contribution >= 0.6 is 11.6 Å². The second kappa shape index (κ2) is 6.33. The summed E-state index contributed by atoms with van der Waals surface area (Å²) in [5, 5.41) is 1.07. The van der Waals surface area contributed by atoms with Crippen molar-refractivity contribution >= 4 is 40.1 Å². The number of rotatable bonds is 4. The van der Waals surface area contributed by atoms with Crippen LogP contribution in [0, 0.1) is 0 Å². The van der Waals surface area contributed by atoms with Crippen LogP contribution in [0.2, 0.25) is 5.02 Å². The lowest BCUT2D eigenvalue weighted by Gasteiger charge is -2.10. The van der Waals surface area contributed by atoms with Gasteiger partial charge in [0, 0.05) is 15.8 Å². The van der Waals surface area contributed by atoms with Gasteiger partial charge in [-0.2, -0.15) is 0 Å². The minimum absolute atomic E-state index is 0.257. The minimum Gasteiger partial charge on any atom is -0.497 e. The van der Waals surface area contributed by atoms with E-state index >= 15 is 0 Å². The van der Waals surface area contributed by atoms with E-state index in [0.29, 0.717) is 16.2 Å². The van der Waals surface area contributed by atoms with Gasteiger partial charge in [-0.1, -0.05) is 35.9 Å². The zero-order valence-corrected chi connectivity index (χ0v) is 15.4. The first kappa shape index (κ1) is 17.7. The molecular weight excluding hydrogens is 384 g/mol. The lowest BCUT2D eigenvalue weighted by atomic mass is 10.1. The van der Waals surface area contributed by atoms with Crippen molar-refractivity contribution < 1.29 is 21.6 Å². The summed E-state index contributed by atoms with van der Waals surface area (Å²) in [4.78, 5) is -0.629. The van der Waals surface area contributed by atoms with E-state index in [4.69, 9.17) is 16.3 Å². The van der Waals surface area contributed by atoms with Crippen molar-refractivity contribution in [3.05, 3.63) is 65.7 Å². The molecule has 8 heteroatoms. The Morgan fingerprint density at radius 2 is 1.36 bits per heavy atom. The molecule has 3 aromatic carbocycles. The molecule has 3 aromatic rings. The Hall–Kier alpha value is -2.09. The molecule has 0 bridgehead atoms. The monoisotopic (exact) mass is 396 g/mol. The van der Waals surface area contributed by atoms with Crippen LogP contribution in [0.1, 0.15) is 0 Å². The largest absolute Gasteiger partial charge is 0.497 e. The maximum Gasteiger partial charge on any atom is 0.286 e. The predicted octanol–water partition coefficient (Wildman–Crippen LogP) is 3.66. The number of methoxy groups -OCH3 is 1. The number of ether oxygens (including phenoxy) is 1. The van der Waals surface area contributed by atoms with Gasteiger partial charge in [-0.25, -0.2) is 16.8 Å². The van der Waals surface area contributed by atoms with Gasteiger partial charge in [-0.3, -0.25) is 0 Å². The van der Waals surface area contributed by atoms with Gasteiger partial charge in [-0.15, -0.1) is 0 Å². The van der Waals surface area contributed by atoms with Crippen LogP contribution in [0.5, 0.6) is 5.75 Å². The van der Waals surface area contributed by atoms with Crippen molar-refractivity contribution in [3.8, 4) is 5.75 Å². The fraction of sp³-hybridized carbons (Fsp3) is 0.0588. The second-order valence-corrected chi connectivity index (χ2v) is 10.9. The molecule has 0 saturated heterocycles. The third-order valence-electron chi connectivity index (χ3n) is 3.74. The maximum atomic E-state index is 12.9. The quantitative estimate of drug-likeness (QED) is 0.629. The lowest BCUT2D eigenvalue weighted by molar-refractivity contribution is 0.414. The highest BCUT2D eigenvalue weighted by molar-refractivity contribution is 8.67. The van der Waals surface area contributed by atoms with Gasteiger partial charge in [0.2, 0.25) is 0 Å². The standard InChI is InChI=1S/C17H13ClO5S2/c1-23-12-6-8-13(9-7-12)24(19,20)25(21,22)17-11-10-16(18)14-4-2-3-5-15(14)17/h2-11H,1H3. The van der Waals surface area contributed by atoms with Crippen LogP contribution in [-0.4, -0.2) is 23.9 Å². The summed E-state index contributed by atoms with van der Waals surface area (Å²) in [5.74, 6) is 0.424. The van der Waals surface area contributed by atoms with E-state index in [1.807, 2.05) is 0 Å². The SMILES string of the molecule is COc1ccc(S(=O)(=O)S(=O)(=O)c2ccc(Cl)c3ccccc23)cc1. The van der Waals surface area contributed by atoms with E-state index < -0.39 is 17.7 Å². The number of halogens is 1. The first-order valence-electron chi connectivity index (χ1n) is 7.10. The summed E-state index contributed by atoms with van der Waals surface area (Å²) in [6.45, 7) is 0. The highest BCUT2D eigenvalue weighted by atomic mass is 35.5. The lowest BCUT2D eigenvalue weighted by Crippen LogP contribution is -2.16. The molecule has 0 atom stereocenters. The second-order valence-electron chi connectivity index (χ2n) is 5.17.